The SMILES string of the molecule is COCc1cccc(C2C(CN)CCCN2C2CC2)c1. The molecule has 1 saturated heterocycles. The first-order chi connectivity index (χ1) is 9.83. The molecule has 0 amide bonds. The van der Waals surface area contributed by atoms with Gasteiger partial charge in [0.15, 0.2) is 0 Å². The molecule has 2 aliphatic rings. The normalized spacial score (nSPS) is 27.7. The lowest BCUT2D eigenvalue weighted by molar-refractivity contribution is 0.0877. The lowest BCUT2D eigenvalue weighted by atomic mass is 9.84. The highest BCUT2D eigenvalue weighted by Gasteiger charge is 2.39. The summed E-state index contributed by atoms with van der Waals surface area (Å²) >= 11 is 0. The van der Waals surface area contributed by atoms with E-state index in [1.54, 1.807) is 7.11 Å². The van der Waals surface area contributed by atoms with Crippen molar-refractivity contribution in [3.63, 3.8) is 0 Å². The largest absolute Gasteiger partial charge is 0.380 e. The molecule has 2 atom stereocenters. The first-order valence-electron chi connectivity index (χ1n) is 7.87. The van der Waals surface area contributed by atoms with E-state index in [1.165, 1.54) is 43.4 Å². The lowest BCUT2D eigenvalue weighted by Crippen LogP contribution is -2.42. The second-order valence-corrected chi connectivity index (χ2v) is 6.23. The average Bonchev–Trinajstić information content (AvgIpc) is 3.31. The molecule has 1 aliphatic heterocycles. The van der Waals surface area contributed by atoms with Crippen molar-refractivity contribution in [2.45, 2.75) is 44.4 Å². The van der Waals surface area contributed by atoms with E-state index in [-0.39, 0.29) is 0 Å². The Hall–Kier alpha value is -0.900. The van der Waals surface area contributed by atoms with E-state index >= 15 is 0 Å². The summed E-state index contributed by atoms with van der Waals surface area (Å²) in [5.74, 6) is 0.599. The summed E-state index contributed by atoms with van der Waals surface area (Å²) in [5.41, 5.74) is 8.76. The van der Waals surface area contributed by atoms with Crippen LogP contribution in [0.1, 0.15) is 42.9 Å². The van der Waals surface area contributed by atoms with Crippen LogP contribution in [0, 0.1) is 5.92 Å². The molecule has 2 unspecified atom stereocenters. The summed E-state index contributed by atoms with van der Waals surface area (Å²) in [6.45, 7) is 2.72. The summed E-state index contributed by atoms with van der Waals surface area (Å²) in [6.07, 6.45) is 5.29. The molecule has 0 bridgehead atoms. The summed E-state index contributed by atoms with van der Waals surface area (Å²) in [5, 5.41) is 0. The maximum Gasteiger partial charge on any atom is 0.0713 e. The number of methoxy groups -OCH3 is 1. The second kappa shape index (κ2) is 6.25. The molecule has 20 heavy (non-hydrogen) atoms. The van der Waals surface area contributed by atoms with Gasteiger partial charge >= 0.3 is 0 Å². The summed E-state index contributed by atoms with van der Waals surface area (Å²) in [7, 11) is 1.76. The molecule has 3 nitrogen and oxygen atoms in total. The van der Waals surface area contributed by atoms with Crippen LogP contribution in [0.25, 0.3) is 0 Å². The monoisotopic (exact) mass is 274 g/mol. The van der Waals surface area contributed by atoms with Crippen LogP contribution in [0.5, 0.6) is 0 Å². The highest BCUT2D eigenvalue weighted by atomic mass is 16.5. The van der Waals surface area contributed by atoms with E-state index in [2.05, 4.69) is 29.2 Å². The van der Waals surface area contributed by atoms with Crippen molar-refractivity contribution in [2.24, 2.45) is 11.7 Å². The topological polar surface area (TPSA) is 38.5 Å². The molecule has 110 valence electrons. The zero-order valence-corrected chi connectivity index (χ0v) is 12.4. The Kier molecular flexibility index (Phi) is 4.39. The number of ether oxygens (including phenoxy) is 1. The van der Waals surface area contributed by atoms with Crippen molar-refractivity contribution in [2.75, 3.05) is 20.2 Å². The number of benzene rings is 1. The maximum atomic E-state index is 6.06. The van der Waals surface area contributed by atoms with Gasteiger partial charge in [-0.1, -0.05) is 24.3 Å². The highest BCUT2D eigenvalue weighted by molar-refractivity contribution is 5.27. The van der Waals surface area contributed by atoms with Gasteiger partial charge in [-0.2, -0.15) is 0 Å². The van der Waals surface area contributed by atoms with Crippen LogP contribution in [0.2, 0.25) is 0 Å². The molecular formula is C17H26N2O. The lowest BCUT2D eigenvalue weighted by Gasteiger charge is -2.42. The molecule has 1 saturated carbocycles. The van der Waals surface area contributed by atoms with E-state index in [0.29, 0.717) is 18.6 Å². The molecule has 3 heteroatoms. The van der Waals surface area contributed by atoms with Gasteiger partial charge in [0.2, 0.25) is 0 Å². The van der Waals surface area contributed by atoms with Crippen LogP contribution in [0.3, 0.4) is 0 Å². The van der Waals surface area contributed by atoms with Crippen LogP contribution < -0.4 is 5.73 Å². The molecule has 1 aromatic rings. The van der Waals surface area contributed by atoms with Gasteiger partial charge in [-0.3, -0.25) is 4.90 Å². The highest BCUT2D eigenvalue weighted by Crippen LogP contribution is 2.42. The quantitative estimate of drug-likeness (QED) is 0.897. The third kappa shape index (κ3) is 2.90. The fourth-order valence-corrected chi connectivity index (χ4v) is 3.66. The third-order valence-electron chi connectivity index (χ3n) is 4.72. The smallest absolute Gasteiger partial charge is 0.0713 e. The van der Waals surface area contributed by atoms with E-state index in [0.717, 1.165) is 12.6 Å². The molecule has 2 N–H and O–H groups in total. The van der Waals surface area contributed by atoms with Crippen molar-refractivity contribution in [1.29, 1.82) is 0 Å². The number of rotatable bonds is 5. The molecule has 1 heterocycles. The zero-order chi connectivity index (χ0) is 13.9. The maximum absolute atomic E-state index is 6.06. The van der Waals surface area contributed by atoms with Gasteiger partial charge in [-0.05, 0) is 55.8 Å². The Bertz CT molecular complexity index is 444. The van der Waals surface area contributed by atoms with Gasteiger partial charge in [0.1, 0.15) is 0 Å². The average molecular weight is 274 g/mol. The number of likely N-dealkylation sites (tertiary alicyclic amines) is 1. The van der Waals surface area contributed by atoms with Gasteiger partial charge in [0, 0.05) is 19.2 Å². The summed E-state index contributed by atoms with van der Waals surface area (Å²) in [6, 6.07) is 10.2. The predicted molar refractivity (Wildman–Crippen MR) is 81.4 cm³/mol. The minimum absolute atomic E-state index is 0.512. The van der Waals surface area contributed by atoms with Gasteiger partial charge in [-0.25, -0.2) is 0 Å². The molecule has 0 aromatic heterocycles. The summed E-state index contributed by atoms with van der Waals surface area (Å²) in [4.78, 5) is 2.72. The Balaban J connectivity index is 1.87. The number of hydrogen-bond donors (Lipinski definition) is 1. The molecule has 1 aromatic carbocycles. The molecular weight excluding hydrogens is 248 g/mol. The van der Waals surface area contributed by atoms with Crippen LogP contribution in [0.15, 0.2) is 24.3 Å². The molecule has 0 radical (unpaired) electrons. The van der Waals surface area contributed by atoms with Crippen molar-refractivity contribution in [3.8, 4) is 0 Å². The van der Waals surface area contributed by atoms with Gasteiger partial charge < -0.3 is 10.5 Å². The third-order valence-corrected chi connectivity index (χ3v) is 4.72. The number of piperidine rings is 1. The zero-order valence-electron chi connectivity index (χ0n) is 12.4. The van der Waals surface area contributed by atoms with E-state index in [1.807, 2.05) is 0 Å². The van der Waals surface area contributed by atoms with Gasteiger partial charge in [-0.15, -0.1) is 0 Å². The number of hydrogen-bond acceptors (Lipinski definition) is 3. The molecule has 0 spiro atoms. The Morgan fingerprint density at radius 1 is 1.30 bits per heavy atom. The van der Waals surface area contributed by atoms with Crippen LogP contribution in [-0.2, 0) is 11.3 Å². The summed E-state index contributed by atoms with van der Waals surface area (Å²) < 4.78 is 5.27. The second-order valence-electron chi connectivity index (χ2n) is 6.23. The van der Waals surface area contributed by atoms with Crippen LogP contribution in [-0.4, -0.2) is 31.1 Å². The van der Waals surface area contributed by atoms with Crippen molar-refractivity contribution in [3.05, 3.63) is 35.4 Å². The Morgan fingerprint density at radius 2 is 2.15 bits per heavy atom. The fraction of sp³-hybridized carbons (Fsp3) is 0.647. The first kappa shape index (κ1) is 14.1. The van der Waals surface area contributed by atoms with Crippen molar-refractivity contribution < 1.29 is 4.74 Å². The first-order valence-corrected chi connectivity index (χ1v) is 7.87. The minimum Gasteiger partial charge on any atom is -0.380 e. The van der Waals surface area contributed by atoms with Gasteiger partial charge in [0.05, 0.1) is 6.61 Å². The van der Waals surface area contributed by atoms with Crippen molar-refractivity contribution in [1.82, 2.24) is 4.90 Å². The molecule has 2 fully saturated rings. The molecule has 1 aliphatic carbocycles. The predicted octanol–water partition coefficient (Wildman–Crippen LogP) is 2.71. The fourth-order valence-electron chi connectivity index (χ4n) is 3.66. The Morgan fingerprint density at radius 3 is 2.85 bits per heavy atom. The standard InChI is InChI=1S/C17H26N2O/c1-20-12-13-4-2-5-14(10-13)17-15(11-18)6-3-9-19(17)16-7-8-16/h2,4-5,10,15-17H,3,6-9,11-12,18H2,1H3. The van der Waals surface area contributed by atoms with E-state index < -0.39 is 0 Å². The van der Waals surface area contributed by atoms with Gasteiger partial charge in [0.25, 0.3) is 0 Å². The minimum atomic E-state index is 0.512. The van der Waals surface area contributed by atoms with Crippen LogP contribution in [0.4, 0.5) is 0 Å². The van der Waals surface area contributed by atoms with E-state index in [4.69, 9.17) is 10.5 Å². The number of nitrogens with two attached hydrogens (primary N) is 1. The van der Waals surface area contributed by atoms with E-state index in [9.17, 15) is 0 Å². The number of nitrogens with zero attached hydrogens (tertiary/aromatic N) is 1. The van der Waals surface area contributed by atoms with Crippen LogP contribution >= 0.6 is 0 Å². The Labute approximate surface area is 122 Å². The molecule has 3 rings (SSSR count). The van der Waals surface area contributed by atoms with Crippen molar-refractivity contribution >= 4 is 0 Å².